The lowest BCUT2D eigenvalue weighted by atomic mass is 10.0. The van der Waals surface area contributed by atoms with Crippen LogP contribution in [0.2, 0.25) is 0 Å². The van der Waals surface area contributed by atoms with Crippen molar-refractivity contribution < 1.29 is 9.18 Å². The number of carbonyl (C=O) groups is 1. The molecule has 0 saturated carbocycles. The van der Waals surface area contributed by atoms with Gasteiger partial charge in [-0.2, -0.15) is 0 Å². The lowest BCUT2D eigenvalue weighted by Crippen LogP contribution is -2.08. The maximum Gasteiger partial charge on any atom is 0.169 e. The quantitative estimate of drug-likeness (QED) is 0.419. The van der Waals surface area contributed by atoms with Gasteiger partial charge in [-0.25, -0.2) is 14.4 Å². The molecular formula is C24H21FN4OS. The average molecular weight is 433 g/mol. The molecule has 7 heteroatoms. The molecule has 31 heavy (non-hydrogen) atoms. The van der Waals surface area contributed by atoms with Crippen molar-refractivity contribution in [2.24, 2.45) is 0 Å². The summed E-state index contributed by atoms with van der Waals surface area (Å²) in [5.41, 5.74) is 9.75. The molecule has 4 aromatic rings. The van der Waals surface area contributed by atoms with Crippen LogP contribution in [0.5, 0.6) is 0 Å². The average Bonchev–Trinajstić information content (AvgIpc) is 3.21. The Morgan fingerprint density at radius 1 is 1.06 bits per heavy atom. The van der Waals surface area contributed by atoms with E-state index in [-0.39, 0.29) is 18.0 Å². The van der Waals surface area contributed by atoms with Crippen LogP contribution in [0.4, 0.5) is 10.2 Å². The van der Waals surface area contributed by atoms with E-state index in [0.717, 1.165) is 33.1 Å². The summed E-state index contributed by atoms with van der Waals surface area (Å²) in [6, 6.07) is 12.0. The van der Waals surface area contributed by atoms with Crippen LogP contribution < -0.4 is 5.73 Å². The van der Waals surface area contributed by atoms with Gasteiger partial charge in [0.05, 0.1) is 12.1 Å². The van der Waals surface area contributed by atoms with Crippen molar-refractivity contribution >= 4 is 22.9 Å². The predicted molar refractivity (Wildman–Crippen MR) is 122 cm³/mol. The molecule has 0 aliphatic carbocycles. The van der Waals surface area contributed by atoms with E-state index in [1.165, 1.54) is 6.07 Å². The van der Waals surface area contributed by atoms with Crippen molar-refractivity contribution in [1.82, 2.24) is 15.0 Å². The number of aromatic nitrogens is 3. The van der Waals surface area contributed by atoms with Gasteiger partial charge in [0.1, 0.15) is 16.6 Å². The highest BCUT2D eigenvalue weighted by molar-refractivity contribution is 7.15. The first-order chi connectivity index (χ1) is 15.0. The molecular weight excluding hydrogens is 411 g/mol. The van der Waals surface area contributed by atoms with E-state index < -0.39 is 0 Å². The number of rotatable bonds is 6. The van der Waals surface area contributed by atoms with Gasteiger partial charge >= 0.3 is 0 Å². The molecule has 2 N–H and O–H groups in total. The highest BCUT2D eigenvalue weighted by Gasteiger charge is 2.16. The second-order valence-electron chi connectivity index (χ2n) is 7.17. The zero-order valence-corrected chi connectivity index (χ0v) is 18.0. The fraction of sp³-hybridized carbons (Fsp3) is 0.167. The minimum absolute atomic E-state index is 0.116. The smallest absolute Gasteiger partial charge is 0.169 e. The number of nitrogens with two attached hydrogens (primary N) is 1. The minimum Gasteiger partial charge on any atom is -0.384 e. The zero-order chi connectivity index (χ0) is 22.0. The molecule has 0 amide bonds. The third-order valence-electron chi connectivity index (χ3n) is 5.06. The van der Waals surface area contributed by atoms with Crippen molar-refractivity contribution in [3.63, 3.8) is 0 Å². The predicted octanol–water partition coefficient (Wildman–Crippen LogP) is 5.28. The van der Waals surface area contributed by atoms with Gasteiger partial charge in [-0.15, -0.1) is 11.3 Å². The number of hydrogen-bond acceptors (Lipinski definition) is 6. The van der Waals surface area contributed by atoms with Crippen molar-refractivity contribution in [2.45, 2.75) is 26.7 Å². The van der Waals surface area contributed by atoms with Gasteiger partial charge < -0.3 is 5.73 Å². The number of thiazole rings is 1. The minimum atomic E-state index is -0.378. The fourth-order valence-electron chi connectivity index (χ4n) is 3.31. The van der Waals surface area contributed by atoms with Gasteiger partial charge in [0.25, 0.3) is 0 Å². The van der Waals surface area contributed by atoms with Crippen LogP contribution in [0.1, 0.15) is 33.4 Å². The summed E-state index contributed by atoms with van der Waals surface area (Å²) in [5, 5.41) is 0.875. The topological polar surface area (TPSA) is 81.8 Å². The van der Waals surface area contributed by atoms with Crippen LogP contribution >= 0.6 is 11.3 Å². The summed E-state index contributed by atoms with van der Waals surface area (Å²) in [7, 11) is 0. The first-order valence-electron chi connectivity index (χ1n) is 9.91. The monoisotopic (exact) mass is 432 g/mol. The Balaban J connectivity index is 1.57. The molecule has 0 unspecified atom stereocenters. The van der Waals surface area contributed by atoms with Gasteiger partial charge in [-0.1, -0.05) is 19.1 Å². The first kappa shape index (κ1) is 20.8. The van der Waals surface area contributed by atoms with E-state index in [1.807, 2.05) is 18.2 Å². The van der Waals surface area contributed by atoms with Gasteiger partial charge in [-0.05, 0) is 49.2 Å². The molecule has 4 rings (SSSR count). The molecule has 3 heterocycles. The number of benzene rings is 1. The van der Waals surface area contributed by atoms with E-state index in [4.69, 9.17) is 10.7 Å². The summed E-state index contributed by atoms with van der Waals surface area (Å²) in [6.45, 7) is 3.70. The Hall–Kier alpha value is -3.45. The molecule has 0 saturated heterocycles. The lowest BCUT2D eigenvalue weighted by molar-refractivity contribution is 0.0991. The maximum absolute atomic E-state index is 13.8. The molecule has 0 fully saturated rings. The van der Waals surface area contributed by atoms with Crippen LogP contribution in [-0.2, 0) is 12.8 Å². The molecule has 0 aliphatic rings. The highest BCUT2D eigenvalue weighted by atomic mass is 32.1. The lowest BCUT2D eigenvalue weighted by Gasteiger charge is -2.06. The third kappa shape index (κ3) is 4.36. The summed E-state index contributed by atoms with van der Waals surface area (Å²) < 4.78 is 13.8. The molecule has 3 aromatic heterocycles. The number of ketones is 1. The molecule has 1 aromatic carbocycles. The Morgan fingerprint density at radius 3 is 2.52 bits per heavy atom. The number of anilines is 1. The highest BCUT2D eigenvalue weighted by Crippen LogP contribution is 2.34. The first-order valence-corrected chi connectivity index (χ1v) is 10.7. The number of nitrogen functional groups attached to an aromatic ring is 1. The summed E-state index contributed by atoms with van der Waals surface area (Å²) in [4.78, 5) is 27.1. The van der Waals surface area contributed by atoms with Gasteiger partial charge in [0.15, 0.2) is 5.78 Å². The van der Waals surface area contributed by atoms with Crippen molar-refractivity contribution in [3.8, 4) is 21.8 Å². The van der Waals surface area contributed by atoms with Gasteiger partial charge in [0, 0.05) is 39.7 Å². The standard InChI is InChI=1S/C24H21FN4OS/c1-3-21-23(29-24(31-21)16-8-10-22(26)28-13-16)15-7-9-17(27-12-15)11-20(30)18-5-4-6-19(25)14(18)2/h4-10,12-13H,3,11H2,1-2H3,(H2,26,28). The van der Waals surface area contributed by atoms with Crippen LogP contribution in [-0.4, -0.2) is 20.7 Å². The summed E-state index contributed by atoms with van der Waals surface area (Å²) in [6.07, 6.45) is 4.41. The van der Waals surface area contributed by atoms with Crippen molar-refractivity contribution in [1.29, 1.82) is 0 Å². The Kier molecular flexibility index (Phi) is 5.86. The SMILES string of the molecule is CCc1sc(-c2ccc(N)nc2)nc1-c1ccc(CC(=O)c2cccc(F)c2C)nc1. The third-order valence-corrected chi connectivity index (χ3v) is 6.31. The van der Waals surface area contributed by atoms with Crippen LogP contribution in [0, 0.1) is 12.7 Å². The zero-order valence-electron chi connectivity index (χ0n) is 17.2. The number of nitrogens with zero attached hydrogens (tertiary/aromatic N) is 3. The second kappa shape index (κ2) is 8.73. The van der Waals surface area contributed by atoms with Gasteiger partial charge in [-0.3, -0.25) is 9.78 Å². The number of halogens is 1. The Morgan fingerprint density at radius 2 is 1.84 bits per heavy atom. The van der Waals surface area contributed by atoms with Crippen LogP contribution in [0.25, 0.3) is 21.8 Å². The maximum atomic E-state index is 13.8. The molecule has 0 aliphatic heterocycles. The number of carbonyl (C=O) groups excluding carboxylic acids is 1. The normalized spacial score (nSPS) is 10.9. The molecule has 0 radical (unpaired) electrons. The number of hydrogen-bond donors (Lipinski definition) is 1. The van der Waals surface area contributed by atoms with E-state index in [2.05, 4.69) is 16.9 Å². The number of aryl methyl sites for hydroxylation is 1. The fourth-order valence-corrected chi connectivity index (χ4v) is 4.32. The van der Waals surface area contributed by atoms with E-state index in [0.29, 0.717) is 22.6 Å². The number of Topliss-reactive ketones (excluding diaryl/α,β-unsaturated/α-hetero) is 1. The van der Waals surface area contributed by atoms with Crippen molar-refractivity contribution in [3.05, 3.63) is 82.4 Å². The molecule has 0 atom stereocenters. The Bertz CT molecular complexity index is 1230. The van der Waals surface area contributed by atoms with Crippen LogP contribution in [0.15, 0.2) is 54.9 Å². The second-order valence-corrected chi connectivity index (χ2v) is 8.25. The Labute approximate surface area is 183 Å². The molecule has 5 nitrogen and oxygen atoms in total. The number of pyridine rings is 2. The summed E-state index contributed by atoms with van der Waals surface area (Å²) in [5.74, 6) is -0.0609. The van der Waals surface area contributed by atoms with E-state index in [9.17, 15) is 9.18 Å². The largest absolute Gasteiger partial charge is 0.384 e. The molecule has 0 bridgehead atoms. The van der Waals surface area contributed by atoms with Gasteiger partial charge in [0.2, 0.25) is 0 Å². The molecule has 0 spiro atoms. The van der Waals surface area contributed by atoms with Crippen LogP contribution in [0.3, 0.4) is 0 Å². The summed E-state index contributed by atoms with van der Waals surface area (Å²) >= 11 is 1.62. The van der Waals surface area contributed by atoms with E-state index >= 15 is 0 Å². The molecule has 156 valence electrons. The van der Waals surface area contributed by atoms with E-state index in [1.54, 1.807) is 48.9 Å². The van der Waals surface area contributed by atoms with Crippen molar-refractivity contribution in [2.75, 3.05) is 5.73 Å².